The summed E-state index contributed by atoms with van der Waals surface area (Å²) in [6.07, 6.45) is 0. The highest BCUT2D eigenvalue weighted by Gasteiger charge is 2.27. The molecule has 3 aromatic rings. The number of benzene rings is 2. The Morgan fingerprint density at radius 3 is 2.30 bits per heavy atom. The Morgan fingerprint density at radius 2 is 1.70 bits per heavy atom. The van der Waals surface area contributed by atoms with Gasteiger partial charge in [0.25, 0.3) is 5.56 Å². The molecule has 2 aromatic carbocycles. The number of fused-ring (bicyclic) bond motifs is 1. The number of anilines is 1. The van der Waals surface area contributed by atoms with Crippen LogP contribution in [0.4, 0.5) is 19.3 Å². The molecule has 0 bridgehead atoms. The third-order valence-corrected chi connectivity index (χ3v) is 4.83. The first kappa shape index (κ1) is 21.4. The van der Waals surface area contributed by atoms with Crippen LogP contribution in [0, 0.1) is 17.6 Å². The number of hydrogen-bond donors (Lipinski definition) is 1. The van der Waals surface area contributed by atoms with E-state index < -0.39 is 23.2 Å². The van der Waals surface area contributed by atoms with Crippen molar-refractivity contribution in [1.29, 1.82) is 0 Å². The number of nitrogens with one attached hydrogen (secondary N) is 1. The second kappa shape index (κ2) is 8.61. The lowest BCUT2D eigenvalue weighted by Gasteiger charge is -2.31. The predicted octanol–water partition coefficient (Wildman–Crippen LogP) is 4.46. The zero-order valence-electron chi connectivity index (χ0n) is 17.3. The van der Waals surface area contributed by atoms with E-state index in [1.54, 1.807) is 24.0 Å². The van der Waals surface area contributed by atoms with Gasteiger partial charge in [0.15, 0.2) is 11.6 Å². The Kier molecular flexibility index (Phi) is 6.14. The fraction of sp³-hybridized carbons (Fsp3) is 0.318. The number of rotatable bonds is 5. The van der Waals surface area contributed by atoms with Crippen LogP contribution in [0.15, 0.2) is 47.3 Å². The Morgan fingerprint density at radius 1 is 1.10 bits per heavy atom. The van der Waals surface area contributed by atoms with Crippen molar-refractivity contribution in [2.75, 3.05) is 11.9 Å². The van der Waals surface area contributed by atoms with Crippen LogP contribution in [0.3, 0.4) is 0 Å². The highest BCUT2D eigenvalue weighted by atomic mass is 19.2. The van der Waals surface area contributed by atoms with Crippen LogP contribution in [0.5, 0.6) is 0 Å². The van der Waals surface area contributed by atoms with Gasteiger partial charge in [0.1, 0.15) is 0 Å². The monoisotopic (exact) mass is 414 g/mol. The highest BCUT2D eigenvalue weighted by molar-refractivity contribution is 5.90. The van der Waals surface area contributed by atoms with Gasteiger partial charge < -0.3 is 10.2 Å². The third kappa shape index (κ3) is 4.32. The van der Waals surface area contributed by atoms with Crippen LogP contribution in [0.1, 0.15) is 32.5 Å². The number of urea groups is 1. The Balaban J connectivity index is 2.08. The molecule has 2 amide bonds. The van der Waals surface area contributed by atoms with Crippen molar-refractivity contribution in [2.24, 2.45) is 13.0 Å². The molecule has 3 rings (SSSR count). The maximum absolute atomic E-state index is 14.0. The largest absolute Gasteiger partial charge is 0.322 e. The molecule has 1 heterocycles. The lowest BCUT2D eigenvalue weighted by Crippen LogP contribution is -2.40. The summed E-state index contributed by atoms with van der Waals surface area (Å²) in [4.78, 5) is 27.0. The van der Waals surface area contributed by atoms with Crippen molar-refractivity contribution in [3.05, 3.63) is 70.1 Å². The fourth-order valence-electron chi connectivity index (χ4n) is 3.35. The molecular weight excluding hydrogens is 390 g/mol. The maximum Gasteiger partial charge on any atom is 0.322 e. The zero-order chi connectivity index (χ0) is 22.0. The van der Waals surface area contributed by atoms with Crippen LogP contribution < -0.4 is 10.9 Å². The van der Waals surface area contributed by atoms with Gasteiger partial charge >= 0.3 is 6.03 Å². The molecule has 0 aliphatic rings. The van der Waals surface area contributed by atoms with Gasteiger partial charge in [-0.25, -0.2) is 18.3 Å². The van der Waals surface area contributed by atoms with Gasteiger partial charge in [-0.2, -0.15) is 5.10 Å². The van der Waals surface area contributed by atoms with Crippen molar-refractivity contribution in [3.63, 3.8) is 0 Å². The number of carbonyl (C=O) groups is 1. The van der Waals surface area contributed by atoms with Gasteiger partial charge in [-0.1, -0.05) is 32.0 Å². The number of nitrogens with zero attached hydrogens (tertiary/aromatic N) is 3. The second-order valence-electron chi connectivity index (χ2n) is 7.64. The van der Waals surface area contributed by atoms with E-state index in [-0.39, 0.29) is 22.7 Å². The molecule has 8 heteroatoms. The van der Waals surface area contributed by atoms with Gasteiger partial charge in [0.2, 0.25) is 0 Å². The van der Waals surface area contributed by atoms with E-state index >= 15 is 0 Å². The standard InChI is InChI=1S/C22H24F2N4O2/c1-13(2)12-28(22(30)25-15-8-6-5-7-9-15)14(3)20-16-10-18(23)19(24)11-17(16)21(29)27(4)26-20/h5-11,13-14H,12H2,1-4H3,(H,25,30)/t14-/m1/s1. The van der Waals surface area contributed by atoms with Crippen LogP contribution >= 0.6 is 0 Å². The molecule has 0 radical (unpaired) electrons. The van der Waals surface area contributed by atoms with Gasteiger partial charge in [-0.15, -0.1) is 0 Å². The van der Waals surface area contributed by atoms with E-state index in [0.29, 0.717) is 17.9 Å². The quantitative estimate of drug-likeness (QED) is 0.670. The summed E-state index contributed by atoms with van der Waals surface area (Å²) >= 11 is 0. The average molecular weight is 414 g/mol. The molecule has 1 atom stereocenters. The van der Waals surface area contributed by atoms with Gasteiger partial charge in [-0.3, -0.25) is 4.79 Å². The minimum Gasteiger partial charge on any atom is -0.316 e. The molecule has 0 aliphatic heterocycles. The van der Waals surface area contributed by atoms with E-state index in [2.05, 4.69) is 10.4 Å². The number of halogens is 2. The molecule has 1 aromatic heterocycles. The average Bonchev–Trinajstić information content (AvgIpc) is 2.70. The molecule has 30 heavy (non-hydrogen) atoms. The van der Waals surface area contributed by atoms with Crippen molar-refractivity contribution < 1.29 is 13.6 Å². The first-order valence-corrected chi connectivity index (χ1v) is 9.67. The molecule has 158 valence electrons. The smallest absolute Gasteiger partial charge is 0.316 e. The molecule has 0 unspecified atom stereocenters. The summed E-state index contributed by atoms with van der Waals surface area (Å²) in [5, 5.41) is 7.33. The zero-order valence-corrected chi connectivity index (χ0v) is 17.3. The first-order valence-electron chi connectivity index (χ1n) is 9.67. The van der Waals surface area contributed by atoms with E-state index in [9.17, 15) is 18.4 Å². The van der Waals surface area contributed by atoms with Gasteiger partial charge in [0.05, 0.1) is 17.1 Å². The molecule has 0 spiro atoms. The molecule has 0 aliphatic carbocycles. The lowest BCUT2D eigenvalue weighted by atomic mass is 10.0. The van der Waals surface area contributed by atoms with Crippen molar-refractivity contribution in [1.82, 2.24) is 14.7 Å². The van der Waals surface area contributed by atoms with E-state index in [4.69, 9.17) is 0 Å². The van der Waals surface area contributed by atoms with Gasteiger partial charge in [-0.05, 0) is 37.1 Å². The molecule has 1 N–H and O–H groups in total. The molecule has 0 fully saturated rings. The van der Waals surface area contributed by atoms with Crippen LogP contribution in [-0.2, 0) is 7.05 Å². The normalized spacial score (nSPS) is 12.2. The summed E-state index contributed by atoms with van der Waals surface area (Å²) in [5.74, 6) is -2.04. The molecule has 0 saturated carbocycles. The Hall–Kier alpha value is -3.29. The van der Waals surface area contributed by atoms with Crippen molar-refractivity contribution >= 4 is 22.5 Å². The first-order chi connectivity index (χ1) is 14.2. The predicted molar refractivity (Wildman–Crippen MR) is 112 cm³/mol. The molecule has 6 nitrogen and oxygen atoms in total. The number of carbonyl (C=O) groups excluding carboxylic acids is 1. The van der Waals surface area contributed by atoms with E-state index in [1.165, 1.54) is 7.05 Å². The summed E-state index contributed by atoms with van der Waals surface area (Å²) in [6.45, 7) is 6.09. The van der Waals surface area contributed by atoms with Crippen LogP contribution in [0.2, 0.25) is 0 Å². The summed E-state index contributed by atoms with van der Waals surface area (Å²) < 4.78 is 28.8. The van der Waals surface area contributed by atoms with Crippen LogP contribution in [-0.4, -0.2) is 27.3 Å². The number of hydrogen-bond acceptors (Lipinski definition) is 3. The minimum atomic E-state index is -1.11. The minimum absolute atomic E-state index is 0.0150. The summed E-state index contributed by atoms with van der Waals surface area (Å²) in [7, 11) is 1.44. The Labute approximate surface area is 173 Å². The number of para-hydroxylation sites is 1. The van der Waals surface area contributed by atoms with Gasteiger partial charge in [0, 0.05) is 24.7 Å². The number of amides is 2. The topological polar surface area (TPSA) is 67.2 Å². The number of aryl methyl sites for hydroxylation is 1. The second-order valence-corrected chi connectivity index (χ2v) is 7.64. The lowest BCUT2D eigenvalue weighted by molar-refractivity contribution is 0.182. The SMILES string of the molecule is CC(C)CN(C(=O)Nc1ccccc1)[C@H](C)c1nn(C)c(=O)c2cc(F)c(F)cc12. The molecule has 0 saturated heterocycles. The molecular formula is C22H24F2N4O2. The summed E-state index contributed by atoms with van der Waals surface area (Å²) in [6, 6.07) is 9.90. The number of aromatic nitrogens is 2. The summed E-state index contributed by atoms with van der Waals surface area (Å²) in [5.41, 5.74) is 0.411. The maximum atomic E-state index is 14.0. The third-order valence-electron chi connectivity index (χ3n) is 4.83. The fourth-order valence-corrected chi connectivity index (χ4v) is 3.35. The highest BCUT2D eigenvalue weighted by Crippen LogP contribution is 2.27. The van der Waals surface area contributed by atoms with Crippen LogP contribution in [0.25, 0.3) is 10.8 Å². The van der Waals surface area contributed by atoms with E-state index in [1.807, 2.05) is 32.0 Å². The Bertz CT molecular complexity index is 1130. The van der Waals surface area contributed by atoms with Crippen molar-refractivity contribution in [3.8, 4) is 0 Å². The van der Waals surface area contributed by atoms with Crippen molar-refractivity contribution in [2.45, 2.75) is 26.8 Å². The van der Waals surface area contributed by atoms with E-state index in [0.717, 1.165) is 16.8 Å².